The van der Waals surface area contributed by atoms with E-state index in [4.69, 9.17) is 0 Å². The molecule has 1 N–H and O–H groups in total. The molecule has 0 saturated carbocycles. The summed E-state index contributed by atoms with van der Waals surface area (Å²) in [6.07, 6.45) is -5.09. The second kappa shape index (κ2) is 4.77. The highest BCUT2D eigenvalue weighted by Gasteiger charge is 2.29. The number of rotatable bonds is 2. The molecule has 1 aromatic heterocycles. The van der Waals surface area contributed by atoms with Crippen molar-refractivity contribution in [2.45, 2.75) is 6.18 Å². The summed E-state index contributed by atoms with van der Waals surface area (Å²) >= 11 is 0. The lowest BCUT2D eigenvalue weighted by atomic mass is 10.4. The van der Waals surface area contributed by atoms with Crippen molar-refractivity contribution < 1.29 is 27.1 Å². The SMILES string of the molecule is O=C(Nc1ccc(F)cn1)OCC(F)(F)F. The van der Waals surface area contributed by atoms with E-state index in [0.29, 0.717) is 0 Å². The maximum atomic E-state index is 12.4. The van der Waals surface area contributed by atoms with E-state index < -0.39 is 24.7 Å². The van der Waals surface area contributed by atoms with Crippen molar-refractivity contribution >= 4 is 11.9 Å². The van der Waals surface area contributed by atoms with Crippen LogP contribution in [0.25, 0.3) is 0 Å². The molecule has 0 atom stereocenters. The van der Waals surface area contributed by atoms with E-state index in [-0.39, 0.29) is 5.82 Å². The standard InChI is InChI=1S/C8H6F4N2O2/c9-5-1-2-6(13-3-5)14-7(15)16-4-8(10,11)12/h1-3H,4H2,(H,13,14,15). The molecule has 1 heterocycles. The van der Waals surface area contributed by atoms with E-state index in [9.17, 15) is 22.4 Å². The second-order valence-corrected chi connectivity index (χ2v) is 2.68. The lowest BCUT2D eigenvalue weighted by molar-refractivity contribution is -0.159. The van der Waals surface area contributed by atoms with Crippen molar-refractivity contribution in [3.63, 3.8) is 0 Å². The zero-order valence-corrected chi connectivity index (χ0v) is 7.71. The molecule has 16 heavy (non-hydrogen) atoms. The van der Waals surface area contributed by atoms with Crippen molar-refractivity contribution in [1.29, 1.82) is 0 Å². The molecule has 0 spiro atoms. The monoisotopic (exact) mass is 238 g/mol. The summed E-state index contributed by atoms with van der Waals surface area (Å²) < 4.78 is 51.1. The number of ether oxygens (including phenoxy) is 1. The van der Waals surface area contributed by atoms with Gasteiger partial charge in [-0.25, -0.2) is 14.2 Å². The molecule has 0 radical (unpaired) electrons. The molecule has 0 aromatic carbocycles. The molecule has 0 saturated heterocycles. The van der Waals surface area contributed by atoms with Crippen LogP contribution in [0.5, 0.6) is 0 Å². The molecule has 0 fully saturated rings. The van der Waals surface area contributed by atoms with E-state index >= 15 is 0 Å². The number of aromatic nitrogens is 1. The van der Waals surface area contributed by atoms with Crippen molar-refractivity contribution in [2.75, 3.05) is 11.9 Å². The van der Waals surface area contributed by atoms with Gasteiger partial charge < -0.3 is 4.74 Å². The summed E-state index contributed by atoms with van der Waals surface area (Å²) in [5, 5.41) is 1.90. The van der Waals surface area contributed by atoms with E-state index in [1.807, 2.05) is 5.32 Å². The average molecular weight is 238 g/mol. The number of amides is 1. The molecule has 0 aliphatic heterocycles. The molecular weight excluding hydrogens is 232 g/mol. The van der Waals surface area contributed by atoms with E-state index in [2.05, 4.69) is 9.72 Å². The quantitative estimate of drug-likeness (QED) is 0.804. The minimum Gasteiger partial charge on any atom is -0.440 e. The van der Waals surface area contributed by atoms with Crippen LogP contribution < -0.4 is 5.32 Å². The predicted octanol–water partition coefficient (Wildman–Crippen LogP) is 2.33. The molecule has 1 rings (SSSR count). The van der Waals surface area contributed by atoms with Crippen LogP contribution in [0.15, 0.2) is 18.3 Å². The zero-order chi connectivity index (χ0) is 12.2. The average Bonchev–Trinajstić information content (AvgIpc) is 2.18. The zero-order valence-electron chi connectivity index (χ0n) is 7.71. The number of nitrogens with one attached hydrogen (secondary N) is 1. The second-order valence-electron chi connectivity index (χ2n) is 2.68. The van der Waals surface area contributed by atoms with Gasteiger partial charge >= 0.3 is 12.3 Å². The van der Waals surface area contributed by atoms with Crippen molar-refractivity contribution in [3.8, 4) is 0 Å². The Morgan fingerprint density at radius 3 is 2.62 bits per heavy atom. The Labute approximate surface area is 87.2 Å². The molecule has 8 heteroatoms. The molecule has 0 unspecified atom stereocenters. The number of halogens is 4. The Hall–Kier alpha value is -1.86. The number of carbonyl (C=O) groups excluding carboxylic acids is 1. The highest BCUT2D eigenvalue weighted by atomic mass is 19.4. The fourth-order valence-electron chi connectivity index (χ4n) is 0.738. The van der Waals surface area contributed by atoms with Gasteiger partial charge in [0.1, 0.15) is 11.6 Å². The Bertz CT molecular complexity index is 363. The number of alkyl halides is 3. The first-order chi connectivity index (χ1) is 7.37. The van der Waals surface area contributed by atoms with Gasteiger partial charge in [-0.3, -0.25) is 5.32 Å². The summed E-state index contributed by atoms with van der Waals surface area (Å²) in [5.41, 5.74) is 0. The summed E-state index contributed by atoms with van der Waals surface area (Å²) in [7, 11) is 0. The molecule has 1 aromatic rings. The lowest BCUT2D eigenvalue weighted by Gasteiger charge is -2.08. The predicted molar refractivity (Wildman–Crippen MR) is 45.2 cm³/mol. The Morgan fingerprint density at radius 2 is 2.12 bits per heavy atom. The van der Waals surface area contributed by atoms with Gasteiger partial charge in [0, 0.05) is 0 Å². The van der Waals surface area contributed by atoms with Gasteiger partial charge in [-0.2, -0.15) is 13.2 Å². The smallest absolute Gasteiger partial charge is 0.422 e. The third-order valence-electron chi connectivity index (χ3n) is 1.32. The molecule has 0 bridgehead atoms. The van der Waals surface area contributed by atoms with Crippen LogP contribution in [-0.4, -0.2) is 23.9 Å². The molecule has 0 aliphatic carbocycles. The van der Waals surface area contributed by atoms with E-state index in [0.717, 1.165) is 18.3 Å². The summed E-state index contributed by atoms with van der Waals surface area (Å²) in [6.45, 7) is -1.69. The highest BCUT2D eigenvalue weighted by Crippen LogP contribution is 2.14. The number of hydrogen-bond acceptors (Lipinski definition) is 3. The number of carbonyl (C=O) groups is 1. The van der Waals surface area contributed by atoms with Gasteiger partial charge in [0.05, 0.1) is 6.20 Å². The first-order valence-corrected chi connectivity index (χ1v) is 3.99. The minimum absolute atomic E-state index is 0.103. The topological polar surface area (TPSA) is 51.2 Å². The number of hydrogen-bond donors (Lipinski definition) is 1. The van der Waals surface area contributed by atoms with Crippen LogP contribution in [0.3, 0.4) is 0 Å². The first-order valence-electron chi connectivity index (χ1n) is 3.99. The van der Waals surface area contributed by atoms with Gasteiger partial charge in [0.15, 0.2) is 6.61 Å². The number of nitrogens with zero attached hydrogens (tertiary/aromatic N) is 1. The fraction of sp³-hybridized carbons (Fsp3) is 0.250. The summed E-state index contributed by atoms with van der Waals surface area (Å²) in [4.78, 5) is 14.2. The van der Waals surface area contributed by atoms with Gasteiger partial charge in [-0.15, -0.1) is 0 Å². The van der Waals surface area contributed by atoms with Gasteiger partial charge in [0.2, 0.25) is 0 Å². The van der Waals surface area contributed by atoms with Crippen molar-refractivity contribution in [1.82, 2.24) is 4.98 Å². The summed E-state index contributed by atoms with van der Waals surface area (Å²) in [6, 6.07) is 2.08. The minimum atomic E-state index is -4.59. The van der Waals surface area contributed by atoms with Crippen LogP contribution in [0.1, 0.15) is 0 Å². The van der Waals surface area contributed by atoms with Gasteiger partial charge in [0.25, 0.3) is 0 Å². The normalized spacial score (nSPS) is 11.0. The maximum absolute atomic E-state index is 12.4. The Balaban J connectivity index is 2.43. The van der Waals surface area contributed by atoms with E-state index in [1.54, 1.807) is 0 Å². The van der Waals surface area contributed by atoms with Gasteiger partial charge in [-0.1, -0.05) is 0 Å². The van der Waals surface area contributed by atoms with Crippen LogP contribution in [0.4, 0.5) is 28.2 Å². The van der Waals surface area contributed by atoms with Gasteiger partial charge in [-0.05, 0) is 12.1 Å². The largest absolute Gasteiger partial charge is 0.440 e. The molecule has 1 amide bonds. The molecule has 4 nitrogen and oxygen atoms in total. The number of anilines is 1. The molecule has 88 valence electrons. The third-order valence-corrected chi connectivity index (χ3v) is 1.32. The highest BCUT2D eigenvalue weighted by molar-refractivity contribution is 5.83. The van der Waals surface area contributed by atoms with Crippen LogP contribution in [-0.2, 0) is 4.74 Å². The summed E-state index contributed by atoms with van der Waals surface area (Å²) in [5.74, 6) is -0.734. The number of pyridine rings is 1. The molecular formula is C8H6F4N2O2. The third kappa shape index (κ3) is 4.58. The Kier molecular flexibility index (Phi) is 3.64. The van der Waals surface area contributed by atoms with Crippen LogP contribution >= 0.6 is 0 Å². The fourth-order valence-corrected chi connectivity index (χ4v) is 0.738. The first kappa shape index (κ1) is 12.2. The van der Waals surface area contributed by atoms with Crippen molar-refractivity contribution in [3.05, 3.63) is 24.1 Å². The maximum Gasteiger partial charge on any atom is 0.422 e. The Morgan fingerprint density at radius 1 is 1.44 bits per heavy atom. The lowest BCUT2D eigenvalue weighted by Crippen LogP contribution is -2.23. The van der Waals surface area contributed by atoms with Crippen LogP contribution in [0.2, 0.25) is 0 Å². The van der Waals surface area contributed by atoms with Crippen LogP contribution in [0, 0.1) is 5.82 Å². The molecule has 0 aliphatic rings. The van der Waals surface area contributed by atoms with Crippen molar-refractivity contribution in [2.24, 2.45) is 0 Å². The van der Waals surface area contributed by atoms with E-state index in [1.165, 1.54) is 0 Å².